The Morgan fingerprint density at radius 3 is 2.48 bits per heavy atom. The molecule has 0 saturated carbocycles. The highest BCUT2D eigenvalue weighted by molar-refractivity contribution is 7.91. The van der Waals surface area contributed by atoms with Gasteiger partial charge < -0.3 is 4.74 Å². The lowest BCUT2D eigenvalue weighted by Gasteiger charge is -2.11. The van der Waals surface area contributed by atoms with E-state index in [4.69, 9.17) is 4.74 Å². The van der Waals surface area contributed by atoms with Crippen LogP contribution in [0.1, 0.15) is 13.8 Å². The second kappa shape index (κ2) is 6.26. The molecule has 0 heterocycles. The molecule has 2 rings (SSSR count). The molecule has 0 fully saturated rings. The Balaban J connectivity index is 2.27. The molecule has 5 heteroatoms. The fourth-order valence-corrected chi connectivity index (χ4v) is 3.71. The summed E-state index contributed by atoms with van der Waals surface area (Å²) in [5.74, 6) is -1.41. The molecule has 0 saturated heterocycles. The van der Waals surface area contributed by atoms with Crippen molar-refractivity contribution in [2.45, 2.75) is 18.7 Å². The summed E-state index contributed by atoms with van der Waals surface area (Å²) in [6.07, 6.45) is 0. The smallest absolute Gasteiger partial charge is 0.309 e. The normalized spacial score (nSPS) is 13.0. The summed E-state index contributed by atoms with van der Waals surface area (Å²) in [6, 6.07) is 12.5. The summed E-state index contributed by atoms with van der Waals surface area (Å²) in [5, 5.41) is 1.84. The number of carbonyl (C=O) groups is 1. The zero-order valence-electron chi connectivity index (χ0n) is 12.1. The number of rotatable bonds is 5. The predicted molar refractivity (Wildman–Crippen MR) is 81.8 cm³/mol. The van der Waals surface area contributed by atoms with Crippen LogP contribution in [0.25, 0.3) is 10.8 Å². The molecule has 4 nitrogen and oxygen atoms in total. The first-order valence-electron chi connectivity index (χ1n) is 6.82. The van der Waals surface area contributed by atoms with Gasteiger partial charge in [0, 0.05) is 0 Å². The van der Waals surface area contributed by atoms with E-state index >= 15 is 0 Å². The van der Waals surface area contributed by atoms with Gasteiger partial charge in [-0.2, -0.15) is 0 Å². The van der Waals surface area contributed by atoms with Crippen molar-refractivity contribution in [3.63, 3.8) is 0 Å². The minimum absolute atomic E-state index is 0.234. The summed E-state index contributed by atoms with van der Waals surface area (Å²) in [4.78, 5) is 11.8. The second-order valence-corrected chi connectivity index (χ2v) is 6.98. The molecule has 0 aliphatic rings. The first-order chi connectivity index (χ1) is 9.94. The molecule has 0 N–H and O–H groups in total. The molecule has 0 radical (unpaired) electrons. The van der Waals surface area contributed by atoms with E-state index in [0.29, 0.717) is 0 Å². The number of fused-ring (bicyclic) bond motifs is 1. The summed E-state index contributed by atoms with van der Waals surface area (Å²) < 4.78 is 29.6. The van der Waals surface area contributed by atoms with E-state index in [1.54, 1.807) is 32.0 Å². The monoisotopic (exact) mass is 306 g/mol. The first kappa shape index (κ1) is 15.5. The third-order valence-electron chi connectivity index (χ3n) is 3.24. The number of hydrogen-bond acceptors (Lipinski definition) is 4. The maximum atomic E-state index is 12.4. The van der Waals surface area contributed by atoms with Gasteiger partial charge in [-0.25, -0.2) is 8.42 Å². The third kappa shape index (κ3) is 3.61. The van der Waals surface area contributed by atoms with Gasteiger partial charge in [-0.3, -0.25) is 4.79 Å². The molecule has 0 aliphatic heterocycles. The number of hydrogen-bond donors (Lipinski definition) is 0. The minimum Gasteiger partial charge on any atom is -0.466 e. The lowest BCUT2D eigenvalue weighted by atomic mass is 10.1. The Labute approximate surface area is 124 Å². The molecule has 2 aromatic rings. The number of ether oxygens (including phenoxy) is 1. The van der Waals surface area contributed by atoms with Crippen molar-refractivity contribution in [3.8, 4) is 0 Å². The molecule has 0 spiro atoms. The maximum absolute atomic E-state index is 12.4. The quantitative estimate of drug-likeness (QED) is 0.797. The van der Waals surface area contributed by atoms with Gasteiger partial charge in [-0.05, 0) is 29.8 Å². The van der Waals surface area contributed by atoms with E-state index in [1.807, 2.05) is 24.3 Å². The maximum Gasteiger partial charge on any atom is 0.309 e. The summed E-state index contributed by atoms with van der Waals surface area (Å²) in [6.45, 7) is 3.51. The van der Waals surface area contributed by atoms with Crippen molar-refractivity contribution < 1.29 is 17.9 Å². The topological polar surface area (TPSA) is 60.4 Å². The van der Waals surface area contributed by atoms with Gasteiger partial charge in [0.25, 0.3) is 0 Å². The van der Waals surface area contributed by atoms with Crippen molar-refractivity contribution in [1.82, 2.24) is 0 Å². The van der Waals surface area contributed by atoms with E-state index in [0.717, 1.165) is 10.8 Å². The largest absolute Gasteiger partial charge is 0.466 e. The molecule has 1 unspecified atom stereocenters. The van der Waals surface area contributed by atoms with Gasteiger partial charge in [0.15, 0.2) is 9.84 Å². The zero-order chi connectivity index (χ0) is 15.5. The zero-order valence-corrected chi connectivity index (χ0v) is 12.9. The SMILES string of the molecule is CCOC(=O)C(C)CS(=O)(=O)c1ccc2ccccc2c1. The average Bonchev–Trinajstić information content (AvgIpc) is 2.46. The van der Waals surface area contributed by atoms with Crippen LogP contribution in [-0.2, 0) is 19.4 Å². The third-order valence-corrected chi connectivity index (χ3v) is 5.15. The lowest BCUT2D eigenvalue weighted by molar-refractivity contribution is -0.146. The number of sulfone groups is 1. The van der Waals surface area contributed by atoms with Gasteiger partial charge in [-0.1, -0.05) is 37.3 Å². The van der Waals surface area contributed by atoms with E-state index < -0.39 is 21.7 Å². The van der Waals surface area contributed by atoms with Crippen LogP contribution in [-0.4, -0.2) is 26.7 Å². The Bertz CT molecular complexity index is 750. The molecule has 1 atom stereocenters. The number of carbonyl (C=O) groups excluding carboxylic acids is 1. The van der Waals surface area contributed by atoms with Crippen LogP contribution in [0.15, 0.2) is 47.4 Å². The average molecular weight is 306 g/mol. The van der Waals surface area contributed by atoms with Crippen molar-refractivity contribution in [2.24, 2.45) is 5.92 Å². The minimum atomic E-state index is -3.52. The second-order valence-electron chi connectivity index (χ2n) is 4.94. The highest BCUT2D eigenvalue weighted by Crippen LogP contribution is 2.21. The molecule has 112 valence electrons. The molecular weight excluding hydrogens is 288 g/mol. The first-order valence-corrected chi connectivity index (χ1v) is 8.47. The fraction of sp³-hybridized carbons (Fsp3) is 0.312. The molecule has 0 aliphatic carbocycles. The number of esters is 1. The Hall–Kier alpha value is -1.88. The fourth-order valence-electron chi connectivity index (χ4n) is 2.14. The Morgan fingerprint density at radius 2 is 1.81 bits per heavy atom. The summed E-state index contributed by atoms with van der Waals surface area (Å²) in [7, 11) is -3.52. The van der Waals surface area contributed by atoms with Gasteiger partial charge in [0.1, 0.15) is 0 Å². The van der Waals surface area contributed by atoms with Crippen LogP contribution in [0.5, 0.6) is 0 Å². The lowest BCUT2D eigenvalue weighted by Crippen LogP contribution is -2.23. The Morgan fingerprint density at radius 1 is 1.14 bits per heavy atom. The molecule has 0 aromatic heterocycles. The van der Waals surface area contributed by atoms with Gasteiger partial charge in [0.05, 0.1) is 23.2 Å². The van der Waals surface area contributed by atoms with Crippen LogP contribution in [0, 0.1) is 5.92 Å². The van der Waals surface area contributed by atoms with E-state index in [2.05, 4.69) is 0 Å². The highest BCUT2D eigenvalue weighted by Gasteiger charge is 2.24. The van der Waals surface area contributed by atoms with Crippen LogP contribution in [0.2, 0.25) is 0 Å². The highest BCUT2D eigenvalue weighted by atomic mass is 32.2. The molecule has 2 aromatic carbocycles. The Kier molecular flexibility index (Phi) is 4.63. The molecule has 0 bridgehead atoms. The van der Waals surface area contributed by atoms with Gasteiger partial charge >= 0.3 is 5.97 Å². The van der Waals surface area contributed by atoms with Crippen molar-refractivity contribution in [1.29, 1.82) is 0 Å². The van der Waals surface area contributed by atoms with Crippen LogP contribution < -0.4 is 0 Å². The van der Waals surface area contributed by atoms with Crippen LogP contribution in [0.3, 0.4) is 0 Å². The van der Waals surface area contributed by atoms with Crippen molar-refractivity contribution in [3.05, 3.63) is 42.5 Å². The number of benzene rings is 2. The van der Waals surface area contributed by atoms with Crippen LogP contribution in [0.4, 0.5) is 0 Å². The van der Waals surface area contributed by atoms with Crippen molar-refractivity contribution >= 4 is 26.6 Å². The summed E-state index contributed by atoms with van der Waals surface area (Å²) in [5.41, 5.74) is 0. The van der Waals surface area contributed by atoms with Crippen molar-refractivity contribution in [2.75, 3.05) is 12.4 Å². The standard InChI is InChI=1S/C16H18O4S/c1-3-20-16(17)12(2)11-21(18,19)15-9-8-13-6-4-5-7-14(13)10-15/h4-10,12H,3,11H2,1-2H3. The summed E-state index contributed by atoms with van der Waals surface area (Å²) >= 11 is 0. The molecule has 21 heavy (non-hydrogen) atoms. The van der Waals surface area contributed by atoms with Gasteiger partial charge in [0.2, 0.25) is 0 Å². The molecule has 0 amide bonds. The van der Waals surface area contributed by atoms with E-state index in [-0.39, 0.29) is 17.3 Å². The van der Waals surface area contributed by atoms with E-state index in [1.165, 1.54) is 0 Å². The predicted octanol–water partition coefficient (Wildman–Crippen LogP) is 2.81. The van der Waals surface area contributed by atoms with Gasteiger partial charge in [-0.15, -0.1) is 0 Å². The molecular formula is C16H18O4S. The van der Waals surface area contributed by atoms with Crippen LogP contribution >= 0.6 is 0 Å². The van der Waals surface area contributed by atoms with E-state index in [9.17, 15) is 13.2 Å².